The number of rotatable bonds is 4. The zero-order valence-corrected chi connectivity index (χ0v) is 15.0. The van der Waals surface area contributed by atoms with Gasteiger partial charge in [-0.05, 0) is 38.8 Å². The summed E-state index contributed by atoms with van der Waals surface area (Å²) in [5.41, 5.74) is 0.217. The molecule has 6 nitrogen and oxygen atoms in total. The number of ether oxygens (including phenoxy) is 2. The third-order valence-electron chi connectivity index (χ3n) is 3.33. The van der Waals surface area contributed by atoms with Crippen molar-refractivity contribution in [3.63, 3.8) is 0 Å². The number of hydrogen-bond donors (Lipinski definition) is 0. The van der Waals surface area contributed by atoms with E-state index in [2.05, 4.69) is 9.97 Å². The van der Waals surface area contributed by atoms with Crippen molar-refractivity contribution in [2.24, 2.45) is 5.92 Å². The topological polar surface area (TPSA) is 64.5 Å². The quantitative estimate of drug-likeness (QED) is 0.605. The summed E-state index contributed by atoms with van der Waals surface area (Å²) in [5, 5.41) is 0.411. The van der Waals surface area contributed by atoms with Crippen LogP contribution >= 0.6 is 23.2 Å². The molecule has 2 heterocycles. The van der Waals surface area contributed by atoms with Gasteiger partial charge in [0.15, 0.2) is 0 Å². The maximum Gasteiger partial charge on any atom is 0.410 e. The van der Waals surface area contributed by atoms with Gasteiger partial charge in [0.25, 0.3) is 0 Å². The van der Waals surface area contributed by atoms with Crippen molar-refractivity contribution in [3.8, 4) is 0 Å². The Morgan fingerprint density at radius 3 is 2.83 bits per heavy atom. The van der Waals surface area contributed by atoms with Gasteiger partial charge in [-0.15, -0.1) is 0 Å². The van der Waals surface area contributed by atoms with E-state index in [1.54, 1.807) is 11.1 Å². The molecule has 1 aromatic rings. The SMILES string of the molecule is CC(C)(C)OC(=O)N1CC[C@H](COCc2cnc(Cl)nc2Cl)C1. The van der Waals surface area contributed by atoms with Crippen molar-refractivity contribution in [1.82, 2.24) is 14.9 Å². The predicted octanol–water partition coefficient (Wildman–Crippen LogP) is 3.56. The third kappa shape index (κ3) is 5.79. The van der Waals surface area contributed by atoms with Crippen LogP contribution < -0.4 is 0 Å². The molecule has 0 N–H and O–H groups in total. The van der Waals surface area contributed by atoms with E-state index in [9.17, 15) is 4.79 Å². The first-order valence-electron chi connectivity index (χ1n) is 7.47. The van der Waals surface area contributed by atoms with Crippen LogP contribution in [0.5, 0.6) is 0 Å². The average Bonchev–Trinajstić information content (AvgIpc) is 2.88. The largest absolute Gasteiger partial charge is 0.444 e. The minimum absolute atomic E-state index is 0.113. The highest BCUT2D eigenvalue weighted by Gasteiger charge is 2.29. The molecule has 1 aliphatic rings. The molecule has 0 bridgehead atoms. The van der Waals surface area contributed by atoms with E-state index in [-0.39, 0.29) is 17.3 Å². The Bertz CT molecular complexity index is 563. The standard InChI is InChI=1S/C15H21Cl2N3O3/c1-15(2,3)23-14(21)20-5-4-10(7-20)8-22-9-11-6-18-13(17)19-12(11)16/h6,10H,4-5,7-9H2,1-3H3/t10-/m0/s1. The van der Waals surface area contributed by atoms with Gasteiger partial charge in [-0.3, -0.25) is 0 Å². The van der Waals surface area contributed by atoms with Crippen molar-refractivity contribution in [2.75, 3.05) is 19.7 Å². The molecule has 23 heavy (non-hydrogen) atoms. The second kappa shape index (κ2) is 7.64. The molecule has 0 saturated carbocycles. The summed E-state index contributed by atoms with van der Waals surface area (Å²) in [7, 11) is 0. The van der Waals surface area contributed by atoms with Crippen LogP contribution in [0, 0.1) is 5.92 Å². The highest BCUT2D eigenvalue weighted by Crippen LogP contribution is 2.21. The summed E-state index contributed by atoms with van der Waals surface area (Å²) in [6.45, 7) is 7.77. The lowest BCUT2D eigenvalue weighted by atomic mass is 10.1. The van der Waals surface area contributed by atoms with E-state index in [1.165, 1.54) is 0 Å². The molecule has 0 unspecified atom stereocenters. The van der Waals surface area contributed by atoms with Crippen LogP contribution in [0.1, 0.15) is 32.8 Å². The van der Waals surface area contributed by atoms with Gasteiger partial charge in [-0.1, -0.05) is 11.6 Å². The normalized spacial score (nSPS) is 18.3. The molecule has 128 valence electrons. The van der Waals surface area contributed by atoms with Crippen LogP contribution in [0.15, 0.2) is 6.20 Å². The van der Waals surface area contributed by atoms with Crippen LogP contribution in [0.4, 0.5) is 4.79 Å². The Balaban J connectivity index is 1.74. The van der Waals surface area contributed by atoms with Gasteiger partial charge < -0.3 is 14.4 Å². The van der Waals surface area contributed by atoms with Crippen LogP contribution in [0.3, 0.4) is 0 Å². The van der Waals surface area contributed by atoms with Crippen molar-refractivity contribution in [1.29, 1.82) is 0 Å². The molecule has 1 atom stereocenters. The first-order valence-corrected chi connectivity index (χ1v) is 8.23. The van der Waals surface area contributed by atoms with Crippen LogP contribution in [0.2, 0.25) is 10.4 Å². The minimum Gasteiger partial charge on any atom is -0.444 e. The van der Waals surface area contributed by atoms with Gasteiger partial charge in [-0.2, -0.15) is 0 Å². The summed E-state index contributed by atoms with van der Waals surface area (Å²) < 4.78 is 11.0. The number of halogens is 2. The molecule has 0 aromatic carbocycles. The smallest absolute Gasteiger partial charge is 0.410 e. The molecular formula is C15H21Cl2N3O3. The van der Waals surface area contributed by atoms with Crippen molar-refractivity contribution in [3.05, 3.63) is 22.2 Å². The molecule has 1 aliphatic heterocycles. The molecule has 1 aromatic heterocycles. The Morgan fingerprint density at radius 1 is 1.43 bits per heavy atom. The van der Waals surface area contributed by atoms with Gasteiger partial charge >= 0.3 is 6.09 Å². The van der Waals surface area contributed by atoms with Gasteiger partial charge in [0, 0.05) is 30.8 Å². The average molecular weight is 362 g/mol. The maximum atomic E-state index is 12.0. The van der Waals surface area contributed by atoms with E-state index in [0.29, 0.717) is 37.0 Å². The first-order chi connectivity index (χ1) is 10.7. The fourth-order valence-electron chi connectivity index (χ4n) is 2.26. The van der Waals surface area contributed by atoms with E-state index >= 15 is 0 Å². The molecule has 1 fully saturated rings. The summed E-state index contributed by atoms with van der Waals surface area (Å²) in [6, 6.07) is 0. The second-order valence-electron chi connectivity index (χ2n) is 6.55. The Hall–Kier alpha value is -1.11. The summed E-state index contributed by atoms with van der Waals surface area (Å²) in [5.74, 6) is 0.287. The number of carbonyl (C=O) groups excluding carboxylic acids is 1. The van der Waals surface area contributed by atoms with E-state index in [4.69, 9.17) is 32.7 Å². The first kappa shape index (κ1) is 18.2. The minimum atomic E-state index is -0.475. The monoisotopic (exact) mass is 361 g/mol. The number of amides is 1. The van der Waals surface area contributed by atoms with E-state index < -0.39 is 5.60 Å². The van der Waals surface area contributed by atoms with Gasteiger partial charge in [0.05, 0.1) is 13.2 Å². The Kier molecular flexibility index (Phi) is 6.06. The summed E-state index contributed by atoms with van der Waals surface area (Å²) >= 11 is 11.6. The highest BCUT2D eigenvalue weighted by atomic mass is 35.5. The zero-order chi connectivity index (χ0) is 17.0. The third-order valence-corrected chi connectivity index (χ3v) is 3.84. The fraction of sp³-hybridized carbons (Fsp3) is 0.667. The lowest BCUT2D eigenvalue weighted by Crippen LogP contribution is -2.35. The predicted molar refractivity (Wildman–Crippen MR) is 87.6 cm³/mol. The molecule has 2 rings (SSSR count). The molecule has 1 amide bonds. The highest BCUT2D eigenvalue weighted by molar-refractivity contribution is 6.32. The fourth-order valence-corrected chi connectivity index (χ4v) is 2.62. The van der Waals surface area contributed by atoms with Gasteiger partial charge in [-0.25, -0.2) is 14.8 Å². The molecule has 1 saturated heterocycles. The number of carbonyl (C=O) groups is 1. The molecule has 0 spiro atoms. The Morgan fingerprint density at radius 2 is 2.17 bits per heavy atom. The van der Waals surface area contributed by atoms with E-state index in [1.807, 2.05) is 20.8 Å². The maximum absolute atomic E-state index is 12.0. The second-order valence-corrected chi connectivity index (χ2v) is 7.25. The van der Waals surface area contributed by atoms with Crippen LogP contribution in [-0.4, -0.2) is 46.3 Å². The molecule has 0 aliphatic carbocycles. The van der Waals surface area contributed by atoms with Gasteiger partial charge in [0.2, 0.25) is 5.28 Å². The van der Waals surface area contributed by atoms with Crippen LogP contribution in [0.25, 0.3) is 0 Å². The summed E-state index contributed by atoms with van der Waals surface area (Å²) in [6.07, 6.45) is 2.18. The lowest BCUT2D eigenvalue weighted by Gasteiger charge is -2.24. The lowest BCUT2D eigenvalue weighted by molar-refractivity contribution is 0.0271. The molecule has 8 heteroatoms. The number of aromatic nitrogens is 2. The Labute approximate surface area is 146 Å². The van der Waals surface area contributed by atoms with Gasteiger partial charge in [0.1, 0.15) is 10.8 Å². The van der Waals surface area contributed by atoms with Crippen molar-refractivity contribution in [2.45, 2.75) is 39.4 Å². The molecular weight excluding hydrogens is 341 g/mol. The van der Waals surface area contributed by atoms with Crippen molar-refractivity contribution >= 4 is 29.3 Å². The number of nitrogens with zero attached hydrogens (tertiary/aromatic N) is 3. The number of hydrogen-bond acceptors (Lipinski definition) is 5. The molecule has 0 radical (unpaired) electrons. The van der Waals surface area contributed by atoms with E-state index in [0.717, 1.165) is 6.42 Å². The van der Waals surface area contributed by atoms with Crippen LogP contribution in [-0.2, 0) is 16.1 Å². The zero-order valence-electron chi connectivity index (χ0n) is 13.5. The number of likely N-dealkylation sites (tertiary alicyclic amines) is 1. The van der Waals surface area contributed by atoms with Crippen molar-refractivity contribution < 1.29 is 14.3 Å². The summed E-state index contributed by atoms with van der Waals surface area (Å²) in [4.78, 5) is 21.5.